The molecule has 0 aliphatic rings. The predicted octanol–water partition coefficient (Wildman–Crippen LogP) is 0.264. The zero-order valence-corrected chi connectivity index (χ0v) is 6.77. The highest BCUT2D eigenvalue weighted by atomic mass is 16.4. The SMILES string of the molecule is N[C@@H](CC(=O)c1ccco1)C(=O)O. The number of Topliss-reactive ketones (excluding diaryl/α,β-unsaturated/α-hetero) is 1. The zero-order chi connectivity index (χ0) is 9.84. The van der Waals surface area contributed by atoms with Crippen molar-refractivity contribution < 1.29 is 19.1 Å². The fraction of sp³-hybridized carbons (Fsp3) is 0.250. The van der Waals surface area contributed by atoms with Crippen molar-refractivity contribution in [3.8, 4) is 0 Å². The Morgan fingerprint density at radius 3 is 2.77 bits per heavy atom. The van der Waals surface area contributed by atoms with Crippen LogP contribution in [0.5, 0.6) is 0 Å². The Morgan fingerprint density at radius 1 is 1.62 bits per heavy atom. The second kappa shape index (κ2) is 3.86. The molecule has 1 aromatic rings. The third-order valence-corrected chi connectivity index (χ3v) is 1.52. The van der Waals surface area contributed by atoms with Crippen LogP contribution in [0.2, 0.25) is 0 Å². The van der Waals surface area contributed by atoms with E-state index in [2.05, 4.69) is 0 Å². The summed E-state index contributed by atoms with van der Waals surface area (Å²) in [6.07, 6.45) is 1.10. The number of furan rings is 1. The Balaban J connectivity index is 2.56. The van der Waals surface area contributed by atoms with E-state index in [1.165, 1.54) is 12.3 Å². The molecule has 1 aromatic heterocycles. The Bertz CT molecular complexity index is 304. The first kappa shape index (κ1) is 9.47. The van der Waals surface area contributed by atoms with Crippen molar-refractivity contribution in [3.63, 3.8) is 0 Å². The number of carbonyl (C=O) groups excluding carboxylic acids is 1. The summed E-state index contributed by atoms with van der Waals surface area (Å²) in [6.45, 7) is 0. The van der Waals surface area contributed by atoms with Gasteiger partial charge in [0.1, 0.15) is 6.04 Å². The number of hydrogen-bond donors (Lipinski definition) is 2. The lowest BCUT2D eigenvalue weighted by molar-refractivity contribution is -0.138. The zero-order valence-electron chi connectivity index (χ0n) is 6.77. The van der Waals surface area contributed by atoms with Gasteiger partial charge in [0.2, 0.25) is 0 Å². The van der Waals surface area contributed by atoms with Crippen LogP contribution in [0.15, 0.2) is 22.8 Å². The molecular weight excluding hydrogens is 174 g/mol. The van der Waals surface area contributed by atoms with Crippen molar-refractivity contribution in [2.75, 3.05) is 0 Å². The molecule has 0 aliphatic carbocycles. The lowest BCUT2D eigenvalue weighted by Crippen LogP contribution is -2.32. The third-order valence-electron chi connectivity index (χ3n) is 1.52. The molecule has 5 heteroatoms. The van der Waals surface area contributed by atoms with Gasteiger partial charge >= 0.3 is 5.97 Å². The number of rotatable bonds is 4. The molecule has 0 amide bonds. The van der Waals surface area contributed by atoms with Crippen LogP contribution in [0, 0.1) is 0 Å². The lowest BCUT2D eigenvalue weighted by atomic mass is 10.1. The number of hydrogen-bond acceptors (Lipinski definition) is 4. The van der Waals surface area contributed by atoms with E-state index in [0.29, 0.717) is 0 Å². The van der Waals surface area contributed by atoms with Crippen molar-refractivity contribution in [1.29, 1.82) is 0 Å². The monoisotopic (exact) mass is 183 g/mol. The summed E-state index contributed by atoms with van der Waals surface area (Å²) in [6, 6.07) is 1.86. The third kappa shape index (κ3) is 2.41. The maximum absolute atomic E-state index is 11.2. The Labute approximate surface area is 74.1 Å². The van der Waals surface area contributed by atoms with Crippen LogP contribution in [0.3, 0.4) is 0 Å². The fourth-order valence-corrected chi connectivity index (χ4v) is 0.825. The first-order chi connectivity index (χ1) is 6.11. The number of aliphatic carboxylic acids is 1. The van der Waals surface area contributed by atoms with Crippen LogP contribution in [0.25, 0.3) is 0 Å². The van der Waals surface area contributed by atoms with E-state index in [0.717, 1.165) is 0 Å². The molecule has 1 atom stereocenters. The van der Waals surface area contributed by atoms with Crippen LogP contribution in [-0.2, 0) is 4.79 Å². The van der Waals surface area contributed by atoms with Crippen molar-refractivity contribution in [3.05, 3.63) is 24.2 Å². The van der Waals surface area contributed by atoms with E-state index in [-0.39, 0.29) is 12.2 Å². The molecule has 1 rings (SSSR count). The molecule has 70 valence electrons. The van der Waals surface area contributed by atoms with Gasteiger partial charge in [-0.05, 0) is 12.1 Å². The highest BCUT2D eigenvalue weighted by molar-refractivity contribution is 5.96. The molecule has 1 heterocycles. The quantitative estimate of drug-likeness (QED) is 0.653. The maximum Gasteiger partial charge on any atom is 0.320 e. The number of carboxylic acid groups (broad SMARTS) is 1. The Morgan fingerprint density at radius 2 is 2.31 bits per heavy atom. The van der Waals surface area contributed by atoms with Crippen molar-refractivity contribution >= 4 is 11.8 Å². The second-order valence-corrected chi connectivity index (χ2v) is 2.55. The second-order valence-electron chi connectivity index (χ2n) is 2.55. The van der Waals surface area contributed by atoms with Gasteiger partial charge in [0.25, 0.3) is 0 Å². The molecule has 0 radical (unpaired) electrons. The molecule has 0 fully saturated rings. The van der Waals surface area contributed by atoms with Crippen LogP contribution in [0.1, 0.15) is 17.0 Å². The standard InChI is InChI=1S/C8H9NO4/c9-5(8(11)12)4-6(10)7-2-1-3-13-7/h1-3,5H,4,9H2,(H,11,12)/t5-/m0/s1. The molecule has 5 nitrogen and oxygen atoms in total. The fourth-order valence-electron chi connectivity index (χ4n) is 0.825. The van der Waals surface area contributed by atoms with Gasteiger partial charge in [-0.3, -0.25) is 9.59 Å². The topological polar surface area (TPSA) is 93.5 Å². The summed E-state index contributed by atoms with van der Waals surface area (Å²) in [5, 5.41) is 8.42. The summed E-state index contributed by atoms with van der Waals surface area (Å²) >= 11 is 0. The minimum atomic E-state index is -1.19. The van der Waals surface area contributed by atoms with Gasteiger partial charge in [-0.2, -0.15) is 0 Å². The van der Waals surface area contributed by atoms with Crippen LogP contribution in [0.4, 0.5) is 0 Å². The maximum atomic E-state index is 11.2. The smallest absolute Gasteiger partial charge is 0.320 e. The first-order valence-corrected chi connectivity index (χ1v) is 3.66. The van der Waals surface area contributed by atoms with Gasteiger partial charge in [-0.25, -0.2) is 0 Å². The van der Waals surface area contributed by atoms with E-state index in [4.69, 9.17) is 15.3 Å². The lowest BCUT2D eigenvalue weighted by Gasteiger charge is -2.02. The van der Waals surface area contributed by atoms with E-state index >= 15 is 0 Å². The molecule has 0 aliphatic heterocycles. The summed E-state index contributed by atoms with van der Waals surface area (Å²) in [5.41, 5.74) is 5.16. The Kier molecular flexibility index (Phi) is 2.81. The van der Waals surface area contributed by atoms with Crippen molar-refractivity contribution in [2.45, 2.75) is 12.5 Å². The number of nitrogens with two attached hydrogens (primary N) is 1. The highest BCUT2D eigenvalue weighted by Gasteiger charge is 2.18. The van der Waals surface area contributed by atoms with E-state index < -0.39 is 17.8 Å². The summed E-state index contributed by atoms with van der Waals surface area (Å²) in [7, 11) is 0. The first-order valence-electron chi connectivity index (χ1n) is 3.66. The molecule has 0 spiro atoms. The van der Waals surface area contributed by atoms with Crippen molar-refractivity contribution in [2.24, 2.45) is 5.73 Å². The largest absolute Gasteiger partial charge is 0.480 e. The Hall–Kier alpha value is -1.62. The van der Waals surface area contributed by atoms with Gasteiger partial charge in [-0.1, -0.05) is 0 Å². The number of ketones is 1. The van der Waals surface area contributed by atoms with Gasteiger partial charge in [0.15, 0.2) is 11.5 Å². The number of carboxylic acids is 1. The average molecular weight is 183 g/mol. The molecule has 3 N–H and O–H groups in total. The molecule has 0 saturated carbocycles. The van der Waals surface area contributed by atoms with Gasteiger partial charge in [-0.15, -0.1) is 0 Å². The van der Waals surface area contributed by atoms with Crippen molar-refractivity contribution in [1.82, 2.24) is 0 Å². The molecule has 0 aromatic carbocycles. The molecule has 0 saturated heterocycles. The summed E-state index contributed by atoms with van der Waals surface area (Å²) in [4.78, 5) is 21.5. The summed E-state index contributed by atoms with van der Waals surface area (Å²) in [5.74, 6) is -1.46. The van der Waals surface area contributed by atoms with Gasteiger partial charge < -0.3 is 15.3 Å². The molecule has 13 heavy (non-hydrogen) atoms. The van der Waals surface area contributed by atoms with Gasteiger partial charge in [0, 0.05) is 6.42 Å². The van der Waals surface area contributed by atoms with Gasteiger partial charge in [0.05, 0.1) is 6.26 Å². The van der Waals surface area contributed by atoms with Crippen LogP contribution < -0.4 is 5.73 Å². The minimum absolute atomic E-state index is 0.136. The van der Waals surface area contributed by atoms with E-state index in [9.17, 15) is 9.59 Å². The average Bonchev–Trinajstić information content (AvgIpc) is 2.55. The molecule has 0 unspecified atom stereocenters. The van der Waals surface area contributed by atoms with Crippen LogP contribution in [-0.4, -0.2) is 22.9 Å². The van der Waals surface area contributed by atoms with E-state index in [1.807, 2.05) is 0 Å². The van der Waals surface area contributed by atoms with E-state index in [1.54, 1.807) is 6.07 Å². The highest BCUT2D eigenvalue weighted by Crippen LogP contribution is 2.05. The van der Waals surface area contributed by atoms with Crippen LogP contribution >= 0.6 is 0 Å². The predicted molar refractivity (Wildman–Crippen MR) is 43.3 cm³/mol. The number of carbonyl (C=O) groups is 2. The normalized spacial score (nSPS) is 12.4. The molecular formula is C8H9NO4. The summed E-state index contributed by atoms with van der Waals surface area (Å²) < 4.78 is 4.78. The minimum Gasteiger partial charge on any atom is -0.480 e. The molecule has 0 bridgehead atoms.